The molecule has 34 heavy (non-hydrogen) atoms. The first-order valence-corrected chi connectivity index (χ1v) is 15.3. The second-order valence-corrected chi connectivity index (χ2v) is 9.50. The molecule has 0 heterocycles. The van der Waals surface area contributed by atoms with Crippen molar-refractivity contribution < 1.29 is 21.7 Å². The van der Waals surface area contributed by atoms with Gasteiger partial charge < -0.3 is 27.2 Å². The quantitative estimate of drug-likeness (QED) is 0.0811. The van der Waals surface area contributed by atoms with Crippen LogP contribution in [0.25, 0.3) is 0 Å². The van der Waals surface area contributed by atoms with E-state index in [-0.39, 0.29) is 21.7 Å². The Kier molecular flexibility index (Phi) is 71.7. The fourth-order valence-corrected chi connectivity index (χ4v) is 3.40. The Morgan fingerprint density at radius 1 is 0.353 bits per heavy atom. The molecule has 1 heteroatoms. The smallest absolute Gasteiger partial charge is 0.343 e. The average molecular weight is 515 g/mol. The van der Waals surface area contributed by atoms with E-state index in [2.05, 4.69) is 41.5 Å². The first kappa shape index (κ1) is 44.7. The van der Waals surface area contributed by atoms with Gasteiger partial charge >= 0.3 is 21.7 Å². The van der Waals surface area contributed by atoms with Crippen LogP contribution in [0, 0.1) is 27.2 Å². The summed E-state index contributed by atoms with van der Waals surface area (Å²) in [4.78, 5) is 0. The first-order chi connectivity index (χ1) is 16.2. The van der Waals surface area contributed by atoms with Crippen LogP contribution < -0.4 is 0 Å². The van der Waals surface area contributed by atoms with Gasteiger partial charge in [-0.15, -0.1) is 0 Å². The van der Waals surface area contributed by atoms with Crippen LogP contribution in [0.15, 0.2) is 0 Å². The van der Waals surface area contributed by atoms with Crippen molar-refractivity contribution in [2.45, 2.75) is 189 Å². The van der Waals surface area contributed by atoms with Crippen molar-refractivity contribution in [1.29, 1.82) is 0 Å². The first-order valence-electron chi connectivity index (χ1n) is 15.3. The molecule has 0 spiro atoms. The molecule has 0 N–H and O–H groups in total. The number of unbranched alkanes of at least 4 members (excludes halogenated alkanes) is 21. The molecule has 206 valence electrons. The summed E-state index contributed by atoms with van der Waals surface area (Å²) in [7, 11) is 0. The Hall–Kier alpha value is 0.714. The van der Waals surface area contributed by atoms with E-state index in [0.29, 0.717) is 0 Å². The van der Waals surface area contributed by atoms with Crippen molar-refractivity contribution in [3.8, 4) is 0 Å². The molecule has 0 bridgehead atoms. The molecule has 0 aliphatic heterocycles. The predicted octanol–water partition coefficient (Wildman–Crippen LogP) is 13.1. The number of rotatable bonds is 21. The van der Waals surface area contributed by atoms with Crippen molar-refractivity contribution in [1.82, 2.24) is 0 Å². The zero-order chi connectivity index (χ0) is 25.7. The van der Waals surface area contributed by atoms with Crippen molar-refractivity contribution in [2.24, 2.45) is 0 Å². The van der Waals surface area contributed by atoms with Crippen molar-refractivity contribution in [2.75, 3.05) is 0 Å². The summed E-state index contributed by atoms with van der Waals surface area (Å²) >= 11 is 0. The number of hydrogen-bond acceptors (Lipinski definition) is 0. The minimum Gasteiger partial charge on any atom is -0.343 e. The Morgan fingerprint density at radius 2 is 0.500 bits per heavy atom. The molecule has 0 atom stereocenters. The summed E-state index contributed by atoms with van der Waals surface area (Å²) < 4.78 is 0. The standard InChI is InChI=1S/3C10H21.C3H7.Ti/c3*1-3-5-7-9-10-8-6-4-2;1-3-2;/h3*1,3-10H2,2H3;3H,1-2H3;/q4*-1;+4. The topological polar surface area (TPSA) is 0 Å². The molecule has 0 aliphatic carbocycles. The van der Waals surface area contributed by atoms with E-state index in [9.17, 15) is 0 Å². The molecule has 0 aromatic rings. The second kappa shape index (κ2) is 54.6. The van der Waals surface area contributed by atoms with Gasteiger partial charge in [0.05, 0.1) is 0 Å². The molecule has 0 unspecified atom stereocenters. The van der Waals surface area contributed by atoms with Gasteiger partial charge in [-0.05, 0) is 0 Å². The summed E-state index contributed by atoms with van der Waals surface area (Å²) in [5.41, 5.74) is 0. The minimum atomic E-state index is 0. The normalized spacial score (nSPS) is 9.53. The molecule has 0 aliphatic rings. The second-order valence-electron chi connectivity index (χ2n) is 9.50. The van der Waals surface area contributed by atoms with Gasteiger partial charge in [-0.2, -0.15) is 33.1 Å². The van der Waals surface area contributed by atoms with Crippen molar-refractivity contribution in [3.63, 3.8) is 0 Å². The Labute approximate surface area is 236 Å². The van der Waals surface area contributed by atoms with E-state index in [1.807, 2.05) is 20.3 Å². The molecule has 0 nitrogen and oxygen atoms in total. The monoisotopic (exact) mass is 514 g/mol. The van der Waals surface area contributed by atoms with E-state index in [0.717, 1.165) is 19.3 Å². The van der Waals surface area contributed by atoms with Crippen molar-refractivity contribution >= 4 is 0 Å². The predicted molar refractivity (Wildman–Crippen MR) is 160 cm³/mol. The summed E-state index contributed by atoms with van der Waals surface area (Å²) in [6.45, 7) is 22.2. The zero-order valence-electron chi connectivity index (χ0n) is 25.2. The van der Waals surface area contributed by atoms with Crippen LogP contribution in [0.4, 0.5) is 0 Å². The van der Waals surface area contributed by atoms with Crippen LogP contribution in [0.3, 0.4) is 0 Å². The van der Waals surface area contributed by atoms with Crippen molar-refractivity contribution in [3.05, 3.63) is 27.2 Å². The third kappa shape index (κ3) is 69.8. The maximum Gasteiger partial charge on any atom is 4.00 e. The van der Waals surface area contributed by atoms with E-state index < -0.39 is 0 Å². The van der Waals surface area contributed by atoms with Gasteiger partial charge in [-0.25, -0.2) is 0 Å². The van der Waals surface area contributed by atoms with Gasteiger partial charge in [0.15, 0.2) is 0 Å². The van der Waals surface area contributed by atoms with E-state index in [1.54, 1.807) is 0 Å². The van der Waals surface area contributed by atoms with Crippen LogP contribution >= 0.6 is 0 Å². The molecule has 0 saturated carbocycles. The molecule has 0 rings (SSSR count). The van der Waals surface area contributed by atoms with Crippen LogP contribution in [0.2, 0.25) is 0 Å². The number of hydrogen-bond donors (Lipinski definition) is 0. The summed E-state index contributed by atoms with van der Waals surface area (Å²) in [5, 5.41) is 0. The zero-order valence-corrected chi connectivity index (χ0v) is 26.7. The molecule has 0 aromatic heterocycles. The molecular formula is C33H70Ti. The summed E-state index contributed by atoms with van der Waals surface area (Å²) in [6, 6.07) is 0. The van der Waals surface area contributed by atoms with Crippen LogP contribution in [0.1, 0.15) is 189 Å². The fraction of sp³-hybridized carbons (Fsp3) is 0.879. The average Bonchev–Trinajstić information content (AvgIpc) is 2.82. The maximum absolute atomic E-state index is 3.82. The Bertz CT molecular complexity index is 177. The van der Waals surface area contributed by atoms with Gasteiger partial charge in [-0.3, -0.25) is 0 Å². The molecule has 0 radical (unpaired) electrons. The van der Waals surface area contributed by atoms with E-state index >= 15 is 0 Å². The summed E-state index contributed by atoms with van der Waals surface area (Å²) in [5.74, 6) is 0. The van der Waals surface area contributed by atoms with Crippen LogP contribution in [0.5, 0.6) is 0 Å². The van der Waals surface area contributed by atoms with Crippen LogP contribution in [-0.4, -0.2) is 0 Å². The van der Waals surface area contributed by atoms with E-state index in [1.165, 1.54) is 135 Å². The molecule has 0 fully saturated rings. The third-order valence-corrected chi connectivity index (χ3v) is 5.56. The Balaban J connectivity index is -0.000000115. The summed E-state index contributed by atoms with van der Waals surface area (Å²) in [6.07, 6.45) is 34.8. The molecule has 0 saturated heterocycles. The van der Waals surface area contributed by atoms with E-state index in [4.69, 9.17) is 0 Å². The molecular weight excluding hydrogens is 444 g/mol. The van der Waals surface area contributed by atoms with Gasteiger partial charge in [0.2, 0.25) is 0 Å². The van der Waals surface area contributed by atoms with Gasteiger partial charge in [0.1, 0.15) is 0 Å². The fourth-order valence-electron chi connectivity index (χ4n) is 3.40. The maximum atomic E-state index is 3.82. The Morgan fingerprint density at radius 3 is 0.647 bits per heavy atom. The molecule has 0 aromatic carbocycles. The minimum absolute atomic E-state index is 0. The third-order valence-electron chi connectivity index (χ3n) is 5.56. The van der Waals surface area contributed by atoms with Gasteiger partial charge in [0, 0.05) is 0 Å². The molecule has 0 amide bonds. The van der Waals surface area contributed by atoms with Crippen LogP contribution in [-0.2, 0) is 21.7 Å². The van der Waals surface area contributed by atoms with Gasteiger partial charge in [0.25, 0.3) is 0 Å². The SMILES string of the molecule is C[CH-]C.[CH2-]CCCCCCCCC.[CH2-]CCCCCCCCC.[CH2-]CCCCCCCCC.[Ti+4]. The van der Waals surface area contributed by atoms with Gasteiger partial charge in [-0.1, -0.05) is 156 Å². The largest absolute Gasteiger partial charge is 4.00 e.